The van der Waals surface area contributed by atoms with Crippen LogP contribution < -0.4 is 5.32 Å². The predicted molar refractivity (Wildman–Crippen MR) is 71.4 cm³/mol. The minimum Gasteiger partial charge on any atom is -0.466 e. The van der Waals surface area contributed by atoms with E-state index < -0.39 is 30.0 Å². The highest BCUT2D eigenvalue weighted by atomic mass is 19.4. The number of amides is 1. The highest BCUT2D eigenvalue weighted by Crippen LogP contribution is 2.32. The van der Waals surface area contributed by atoms with E-state index in [1.165, 1.54) is 6.08 Å². The molecule has 0 aliphatic heterocycles. The van der Waals surface area contributed by atoms with Gasteiger partial charge in [-0.3, -0.25) is 4.79 Å². The summed E-state index contributed by atoms with van der Waals surface area (Å²) in [6.45, 7) is 0. The van der Waals surface area contributed by atoms with Crippen molar-refractivity contribution >= 4 is 23.6 Å². The maximum Gasteiger partial charge on any atom is 0.416 e. The second-order valence-corrected chi connectivity index (χ2v) is 4.04. The average molecular weight is 312 g/mol. The van der Waals surface area contributed by atoms with Crippen LogP contribution >= 0.6 is 0 Å². The average Bonchev–Trinajstić information content (AvgIpc) is 2.44. The topological polar surface area (TPSA) is 79.2 Å². The number of anilines is 1. The van der Waals surface area contributed by atoms with E-state index in [1.54, 1.807) is 6.07 Å². The molecule has 0 saturated carbocycles. The molecule has 116 valence electrons. The normalized spacial score (nSPS) is 11.0. The first-order valence-electron chi connectivity index (χ1n) is 5.92. The van der Waals surface area contributed by atoms with Gasteiger partial charge in [-0.1, -0.05) is 6.07 Å². The summed E-state index contributed by atoms with van der Waals surface area (Å²) in [5.74, 6) is -1.45. The first-order valence-corrected chi connectivity index (χ1v) is 5.92. The Morgan fingerprint density at radius 3 is 2.64 bits per heavy atom. The lowest BCUT2D eigenvalue weighted by Gasteiger charge is -2.12. The number of nitriles is 1. The van der Waals surface area contributed by atoms with Crippen LogP contribution in [-0.4, -0.2) is 19.0 Å². The summed E-state index contributed by atoms with van der Waals surface area (Å²) in [5.41, 5.74) is -0.949. The third-order valence-electron chi connectivity index (χ3n) is 2.49. The summed E-state index contributed by atoms with van der Waals surface area (Å²) in [4.78, 5) is 22.4. The highest BCUT2D eigenvalue weighted by molar-refractivity contribution is 5.95. The molecular weight excluding hydrogens is 301 g/mol. The summed E-state index contributed by atoms with van der Waals surface area (Å²) < 4.78 is 42.5. The van der Waals surface area contributed by atoms with Gasteiger partial charge in [-0.15, -0.1) is 0 Å². The van der Waals surface area contributed by atoms with E-state index >= 15 is 0 Å². The Hall–Kier alpha value is -2.82. The number of esters is 1. The van der Waals surface area contributed by atoms with Gasteiger partial charge in [0.05, 0.1) is 18.7 Å². The van der Waals surface area contributed by atoms with Crippen LogP contribution in [0.15, 0.2) is 24.3 Å². The van der Waals surface area contributed by atoms with Crippen molar-refractivity contribution < 1.29 is 27.5 Å². The van der Waals surface area contributed by atoms with Gasteiger partial charge in [0.25, 0.3) is 0 Å². The first-order chi connectivity index (χ1) is 10.3. The number of carbonyl (C=O) groups excluding carboxylic acids is 2. The molecule has 0 saturated heterocycles. The number of nitrogens with zero attached hydrogens (tertiary/aromatic N) is 1. The maximum absolute atomic E-state index is 12.7. The molecule has 0 spiro atoms. The van der Waals surface area contributed by atoms with Gasteiger partial charge in [-0.2, -0.15) is 18.4 Å². The lowest BCUT2D eigenvalue weighted by Crippen LogP contribution is -2.13. The quantitative estimate of drug-likeness (QED) is 0.685. The minimum atomic E-state index is -4.58. The van der Waals surface area contributed by atoms with Crippen LogP contribution in [0.2, 0.25) is 0 Å². The van der Waals surface area contributed by atoms with Crippen molar-refractivity contribution in [3.05, 3.63) is 35.4 Å². The van der Waals surface area contributed by atoms with Crippen molar-refractivity contribution in [1.82, 2.24) is 0 Å². The van der Waals surface area contributed by atoms with Crippen LogP contribution in [0.5, 0.6) is 0 Å². The van der Waals surface area contributed by atoms with Gasteiger partial charge >= 0.3 is 12.1 Å². The summed E-state index contributed by atoms with van der Waals surface area (Å²) in [6, 6.07) is 4.23. The molecule has 1 aromatic rings. The van der Waals surface area contributed by atoms with Crippen molar-refractivity contribution in [1.29, 1.82) is 5.26 Å². The van der Waals surface area contributed by atoms with Crippen LogP contribution in [0.3, 0.4) is 0 Å². The number of nitrogens with one attached hydrogen (secondary N) is 1. The lowest BCUT2D eigenvalue weighted by molar-refractivity contribution is -0.137. The molecule has 0 atom stereocenters. The Morgan fingerprint density at radius 2 is 2.09 bits per heavy atom. The number of hydrogen-bond donors (Lipinski definition) is 1. The molecule has 0 aromatic heterocycles. The van der Waals surface area contributed by atoms with Crippen molar-refractivity contribution in [2.75, 3.05) is 12.4 Å². The van der Waals surface area contributed by atoms with E-state index in [-0.39, 0.29) is 11.3 Å². The molecule has 0 aliphatic rings. The lowest BCUT2D eigenvalue weighted by atomic mass is 10.1. The van der Waals surface area contributed by atoms with E-state index in [2.05, 4.69) is 10.1 Å². The van der Waals surface area contributed by atoms with Crippen molar-refractivity contribution in [2.24, 2.45) is 0 Å². The molecule has 0 bridgehead atoms. The third kappa shape index (κ3) is 4.94. The number of halogens is 3. The summed E-state index contributed by atoms with van der Waals surface area (Å²) in [7, 11) is 1.15. The van der Waals surface area contributed by atoms with Crippen LogP contribution in [0.1, 0.15) is 17.5 Å². The molecule has 0 unspecified atom stereocenters. The largest absolute Gasteiger partial charge is 0.466 e. The Bertz CT molecular complexity index is 646. The first kappa shape index (κ1) is 17.2. The molecule has 22 heavy (non-hydrogen) atoms. The van der Waals surface area contributed by atoms with Crippen molar-refractivity contribution in [3.63, 3.8) is 0 Å². The molecule has 0 fully saturated rings. The second kappa shape index (κ2) is 7.26. The van der Waals surface area contributed by atoms with Crippen molar-refractivity contribution in [3.8, 4) is 6.07 Å². The molecule has 5 nitrogen and oxygen atoms in total. The Morgan fingerprint density at radius 1 is 1.41 bits per heavy atom. The van der Waals surface area contributed by atoms with Gasteiger partial charge in [0.2, 0.25) is 5.91 Å². The molecule has 0 heterocycles. The number of carbonyl (C=O) groups is 2. The maximum atomic E-state index is 12.7. The zero-order valence-electron chi connectivity index (χ0n) is 11.4. The van der Waals surface area contributed by atoms with Crippen LogP contribution in [0.25, 0.3) is 6.08 Å². The fourth-order valence-electron chi connectivity index (χ4n) is 1.48. The Labute approximate surface area is 124 Å². The van der Waals surface area contributed by atoms with Gasteiger partial charge in [0.1, 0.15) is 6.42 Å². The fourth-order valence-corrected chi connectivity index (χ4v) is 1.48. The monoisotopic (exact) mass is 312 g/mol. The molecule has 0 radical (unpaired) electrons. The number of rotatable bonds is 4. The minimum absolute atomic E-state index is 0.157. The summed E-state index contributed by atoms with van der Waals surface area (Å²) >= 11 is 0. The van der Waals surface area contributed by atoms with Crippen LogP contribution in [-0.2, 0) is 20.5 Å². The van der Waals surface area contributed by atoms with E-state index in [9.17, 15) is 22.8 Å². The summed E-state index contributed by atoms with van der Waals surface area (Å²) in [6.07, 6.45) is -2.88. The highest BCUT2D eigenvalue weighted by Gasteiger charge is 2.31. The molecule has 1 rings (SSSR count). The van der Waals surface area contributed by atoms with Gasteiger partial charge in [0.15, 0.2) is 0 Å². The zero-order valence-corrected chi connectivity index (χ0v) is 11.4. The third-order valence-corrected chi connectivity index (χ3v) is 2.49. The second-order valence-electron chi connectivity index (χ2n) is 4.04. The molecule has 1 N–H and O–H groups in total. The van der Waals surface area contributed by atoms with Gasteiger partial charge in [-0.25, -0.2) is 4.79 Å². The number of hydrogen-bond acceptors (Lipinski definition) is 4. The van der Waals surface area contributed by atoms with Crippen LogP contribution in [0, 0.1) is 11.3 Å². The molecule has 0 aliphatic carbocycles. The smallest absolute Gasteiger partial charge is 0.416 e. The predicted octanol–water partition coefficient (Wildman–Crippen LogP) is 2.74. The van der Waals surface area contributed by atoms with E-state index in [0.717, 1.165) is 31.4 Å². The molecule has 8 heteroatoms. The molecule has 1 aromatic carbocycles. The number of methoxy groups -OCH3 is 1. The number of ether oxygens (including phenoxy) is 1. The Balaban J connectivity index is 3.20. The Kier molecular flexibility index (Phi) is 5.69. The molecule has 1 amide bonds. The van der Waals surface area contributed by atoms with E-state index in [0.29, 0.717) is 0 Å². The van der Waals surface area contributed by atoms with Gasteiger partial charge in [-0.05, 0) is 23.8 Å². The van der Waals surface area contributed by atoms with E-state index in [1.807, 2.05) is 0 Å². The van der Waals surface area contributed by atoms with Gasteiger partial charge in [0, 0.05) is 11.8 Å². The standard InChI is InChI=1S/C14H11F3N2O3/c1-22-13(21)5-3-9-2-4-10(14(15,16)17)8-11(9)19-12(20)6-7-18/h2-5,8H,6H2,1H3,(H,19,20). The van der Waals surface area contributed by atoms with Crippen LogP contribution in [0.4, 0.5) is 18.9 Å². The SMILES string of the molecule is COC(=O)C=Cc1ccc(C(F)(F)F)cc1NC(=O)CC#N. The van der Waals surface area contributed by atoms with Crippen molar-refractivity contribution in [2.45, 2.75) is 12.6 Å². The fraction of sp³-hybridized carbons (Fsp3) is 0.214. The number of benzene rings is 1. The molecular formula is C14H11F3N2O3. The van der Waals surface area contributed by atoms with E-state index in [4.69, 9.17) is 5.26 Å². The number of alkyl halides is 3. The zero-order chi connectivity index (χ0) is 16.8. The summed E-state index contributed by atoms with van der Waals surface area (Å²) in [5, 5.41) is 10.6. The van der Waals surface area contributed by atoms with Gasteiger partial charge < -0.3 is 10.1 Å².